The number of hydrogen-bond donors (Lipinski definition) is 7. The van der Waals surface area contributed by atoms with Gasteiger partial charge in [-0.25, -0.2) is 69.4 Å². The van der Waals surface area contributed by atoms with Crippen LogP contribution in [0.3, 0.4) is 0 Å². The summed E-state index contributed by atoms with van der Waals surface area (Å²) < 4.78 is 148. The number of carboxylic acids is 1. The Bertz CT molecular complexity index is 4870. The Morgan fingerprint density at radius 1 is 0.416 bits per heavy atom. The SMILES string of the molecule is CC1C2CCC(CC2)C1Nc1nc(-c2c[nH]c3c(F)cc(F)cc23)nc(-c2ccco2)c1F.C[C@@H]1C2CCC(CC2)[C@H]1Nc1nc(-c2c[nH]c3c(F)cc(F)cc23)nc(-c2ccco2)c1F.O=C(O)[C@H]1C2CCC(CC2)[C@@H]1Nc1nc(-c2c[nH]c3c(F)cc(F)cc23)nc(-c2ccco2)c1F. The van der Waals surface area contributed by atoms with Gasteiger partial charge in [-0.15, -0.1) is 0 Å². The molecule has 520 valence electrons. The number of rotatable bonds is 13. The molecule has 17 nitrogen and oxygen atoms in total. The van der Waals surface area contributed by atoms with Crippen LogP contribution in [0, 0.1) is 106 Å². The fourth-order valence-electron chi connectivity index (χ4n) is 17.2. The summed E-state index contributed by atoms with van der Waals surface area (Å²) >= 11 is 0. The van der Waals surface area contributed by atoms with Gasteiger partial charge in [0.05, 0.1) is 41.3 Å². The molecule has 9 heterocycles. The van der Waals surface area contributed by atoms with E-state index in [1.807, 2.05) is 0 Å². The van der Waals surface area contributed by atoms with Gasteiger partial charge in [0.25, 0.3) is 0 Å². The van der Waals surface area contributed by atoms with E-state index in [9.17, 15) is 36.2 Å². The third kappa shape index (κ3) is 12.0. The van der Waals surface area contributed by atoms with E-state index in [1.165, 1.54) is 81.3 Å². The molecule has 26 heteroatoms. The highest BCUT2D eigenvalue weighted by Gasteiger charge is 2.48. The second-order valence-corrected chi connectivity index (χ2v) is 27.8. The van der Waals surface area contributed by atoms with Crippen molar-refractivity contribution >= 4 is 56.1 Å². The molecule has 2 unspecified atom stereocenters. The molecule has 0 amide bonds. The van der Waals surface area contributed by atoms with Crippen LogP contribution >= 0.6 is 0 Å². The molecule has 12 aromatic rings. The molecule has 6 bridgehead atoms. The van der Waals surface area contributed by atoms with Crippen LogP contribution in [0.4, 0.5) is 57.0 Å². The van der Waals surface area contributed by atoms with Gasteiger partial charge in [0.2, 0.25) is 0 Å². The number of carbonyl (C=O) groups is 1. The number of carboxylic acid groups (broad SMARTS) is 1. The van der Waals surface area contributed by atoms with Crippen molar-refractivity contribution in [1.29, 1.82) is 0 Å². The van der Waals surface area contributed by atoms with Crippen molar-refractivity contribution in [2.24, 2.45) is 53.3 Å². The van der Waals surface area contributed by atoms with Gasteiger partial charge in [0, 0.05) is 87.8 Å². The fraction of sp³-hybridized carbons (Fsp3) is 0.347. The highest BCUT2D eigenvalue weighted by atomic mass is 19.2. The number of anilines is 3. The van der Waals surface area contributed by atoms with Crippen molar-refractivity contribution in [2.45, 2.75) is 109 Å². The quantitative estimate of drug-likeness (QED) is 0.0532. The second kappa shape index (κ2) is 26.3. The molecule has 0 saturated heterocycles. The molecule has 7 N–H and O–H groups in total. The number of benzene rings is 3. The van der Waals surface area contributed by atoms with E-state index < -0.39 is 70.3 Å². The molecule has 9 saturated carbocycles. The first-order chi connectivity index (χ1) is 48.9. The minimum Gasteiger partial charge on any atom is -0.481 e. The van der Waals surface area contributed by atoms with Crippen molar-refractivity contribution in [3.63, 3.8) is 0 Å². The summed E-state index contributed by atoms with van der Waals surface area (Å²) in [6, 6.07) is 15.4. The number of aliphatic carboxylic acids is 1. The Labute approximate surface area is 570 Å². The number of furan rings is 3. The van der Waals surface area contributed by atoms with Crippen LogP contribution in [-0.4, -0.2) is 74.1 Å². The topological polar surface area (TPSA) is 238 Å². The van der Waals surface area contributed by atoms with Crippen molar-refractivity contribution in [3.8, 4) is 68.5 Å². The molecule has 0 spiro atoms. The Kier molecular flexibility index (Phi) is 17.0. The van der Waals surface area contributed by atoms with Gasteiger partial charge < -0.3 is 49.3 Å². The summed E-state index contributed by atoms with van der Waals surface area (Å²) in [7, 11) is 0. The summed E-state index contributed by atoms with van der Waals surface area (Å²) in [5.74, 6) is -3.88. The maximum absolute atomic E-state index is 15.7. The number of fused-ring (bicyclic) bond motifs is 12. The normalized spacial score (nSPS) is 24.2. The molecule has 9 aromatic heterocycles. The molecule has 21 rings (SSSR count). The van der Waals surface area contributed by atoms with Crippen molar-refractivity contribution < 1.29 is 62.7 Å². The first-order valence-electron chi connectivity index (χ1n) is 34.2. The van der Waals surface area contributed by atoms with E-state index in [4.69, 9.17) is 13.3 Å². The van der Waals surface area contributed by atoms with Crippen LogP contribution in [0.1, 0.15) is 90.9 Å². The van der Waals surface area contributed by atoms with E-state index in [0.29, 0.717) is 57.4 Å². The lowest BCUT2D eigenvalue weighted by Gasteiger charge is -2.47. The second-order valence-electron chi connectivity index (χ2n) is 27.8. The molecule has 9 aliphatic carbocycles. The summed E-state index contributed by atoms with van der Waals surface area (Å²) in [5, 5.41) is 20.5. The van der Waals surface area contributed by atoms with Crippen LogP contribution in [-0.2, 0) is 4.79 Å². The zero-order chi connectivity index (χ0) is 69.6. The molecule has 101 heavy (non-hydrogen) atoms. The zero-order valence-corrected chi connectivity index (χ0v) is 54.5. The maximum Gasteiger partial charge on any atom is 0.308 e. The molecular formula is C75H67F9N12O5. The number of halogens is 9. The van der Waals surface area contributed by atoms with Gasteiger partial charge in [-0.3, -0.25) is 4.79 Å². The lowest BCUT2D eigenvalue weighted by atomic mass is 9.61. The molecule has 0 radical (unpaired) electrons. The van der Waals surface area contributed by atoms with E-state index >= 15 is 13.2 Å². The fourth-order valence-corrected chi connectivity index (χ4v) is 17.2. The number of nitrogens with one attached hydrogen (secondary N) is 6. The van der Waals surface area contributed by atoms with Crippen molar-refractivity contribution in [2.75, 3.05) is 16.0 Å². The van der Waals surface area contributed by atoms with Crippen LogP contribution in [0.15, 0.2) is 123 Å². The van der Waals surface area contributed by atoms with Crippen LogP contribution in [0.5, 0.6) is 0 Å². The highest BCUT2D eigenvalue weighted by molar-refractivity contribution is 5.97. The summed E-state index contributed by atoms with van der Waals surface area (Å²) in [5.41, 5.74) is 1.28. The average molecular weight is 1390 g/mol. The van der Waals surface area contributed by atoms with Crippen molar-refractivity contribution in [1.82, 2.24) is 44.9 Å². The minimum atomic E-state index is -0.916. The Hall–Kier alpha value is -10.4. The number of aromatic nitrogens is 9. The monoisotopic (exact) mass is 1390 g/mol. The Balaban J connectivity index is 0.000000118. The van der Waals surface area contributed by atoms with Crippen LogP contribution in [0.25, 0.3) is 101 Å². The van der Waals surface area contributed by atoms with E-state index in [1.54, 1.807) is 30.3 Å². The van der Waals surface area contributed by atoms with Gasteiger partial charge >= 0.3 is 5.97 Å². The largest absolute Gasteiger partial charge is 0.481 e. The molecule has 9 fully saturated rings. The van der Waals surface area contributed by atoms with Gasteiger partial charge in [0.1, 0.15) is 52.0 Å². The number of nitrogens with zero attached hydrogens (tertiary/aromatic N) is 6. The van der Waals surface area contributed by atoms with Gasteiger partial charge in [-0.1, -0.05) is 13.8 Å². The zero-order valence-electron chi connectivity index (χ0n) is 54.5. The summed E-state index contributed by atoms with van der Waals surface area (Å²) in [6.45, 7) is 4.43. The van der Waals surface area contributed by atoms with Crippen LogP contribution in [0.2, 0.25) is 0 Å². The van der Waals surface area contributed by atoms with Gasteiger partial charge in [-0.2, -0.15) is 0 Å². The lowest BCUT2D eigenvalue weighted by molar-refractivity contribution is -0.148. The summed E-state index contributed by atoms with van der Waals surface area (Å²) in [6.07, 6.45) is 21.5. The molecule has 9 aliphatic rings. The molecule has 6 atom stereocenters. The van der Waals surface area contributed by atoms with Crippen molar-refractivity contribution in [3.05, 3.63) is 163 Å². The predicted octanol–water partition coefficient (Wildman–Crippen LogP) is 18.7. The highest BCUT2D eigenvalue weighted by Crippen LogP contribution is 2.50. The number of aromatic amines is 3. The predicted molar refractivity (Wildman–Crippen MR) is 359 cm³/mol. The number of hydrogen-bond acceptors (Lipinski definition) is 13. The molecular weight excluding hydrogens is 1320 g/mol. The van der Waals surface area contributed by atoms with E-state index in [-0.39, 0.29) is 121 Å². The van der Waals surface area contributed by atoms with Crippen LogP contribution < -0.4 is 16.0 Å². The Morgan fingerprint density at radius 3 is 1.01 bits per heavy atom. The lowest BCUT2D eigenvalue weighted by Crippen LogP contribution is -2.51. The third-order valence-electron chi connectivity index (χ3n) is 22.3. The number of H-pyrrole nitrogens is 3. The molecule has 0 aliphatic heterocycles. The first kappa shape index (κ1) is 65.2. The summed E-state index contributed by atoms with van der Waals surface area (Å²) in [4.78, 5) is 47.0. The third-order valence-corrected chi connectivity index (χ3v) is 22.3. The first-order valence-corrected chi connectivity index (χ1v) is 34.2. The Morgan fingerprint density at radius 2 is 0.713 bits per heavy atom. The maximum atomic E-state index is 15.7. The minimum absolute atomic E-state index is 0.00680. The van der Waals surface area contributed by atoms with Gasteiger partial charge in [-0.05, 0) is 179 Å². The van der Waals surface area contributed by atoms with Gasteiger partial charge in [0.15, 0.2) is 69.7 Å². The van der Waals surface area contributed by atoms with E-state index in [2.05, 4.69) is 74.7 Å². The standard InChI is InChI=1S/C25H21F3N4O3.2C25H23F3N4O/c26-13-8-14-15(10-29-21(14)16(27)9-13)23-31-22(17-2-1-7-35-17)19(28)24(32-23)30-20-12-5-3-11(4-6-12)18(20)25(33)34;2*1-12-13-4-6-14(7-5-13)21(12)30-25-20(28)23(19-3-2-8-33-19)31-24(32-25)17-11-29-22-16(17)9-15(26)10-18(22)27/h1-2,7-12,18,20,29H,3-6H2,(H,33,34)(H,30,31,32);2*2-3,8-14,21,29H,4-7H2,1H3,(H,30,31,32)/t11?,12?,18-,20-;12-,13?,14?,21+;/m01./s1. The molecule has 3 aromatic carbocycles. The van der Waals surface area contributed by atoms with E-state index in [0.717, 1.165) is 75.6 Å². The smallest absolute Gasteiger partial charge is 0.308 e. The average Bonchev–Trinajstić information content (AvgIpc) is 1.76.